The van der Waals surface area contributed by atoms with Gasteiger partial charge in [-0.1, -0.05) is 189 Å². The van der Waals surface area contributed by atoms with Crippen LogP contribution in [0.4, 0.5) is 11.4 Å². The van der Waals surface area contributed by atoms with E-state index in [1.807, 2.05) is 6.07 Å². The Morgan fingerprint density at radius 1 is 0.615 bits per heavy atom. The molecule has 2 unspecified atom stereocenters. The number of aromatic hydroxyl groups is 1. The molecule has 11 aromatic rings. The number of imidazole rings is 2. The first-order chi connectivity index (χ1) is 37.0. The maximum absolute atomic E-state index is 12.8. The van der Waals surface area contributed by atoms with Crippen LogP contribution in [0.25, 0.3) is 88.7 Å². The fourth-order valence-electron chi connectivity index (χ4n) is 12.8. The average molecular weight is 1200 g/mol. The Morgan fingerprint density at radius 2 is 1.27 bits per heavy atom. The minimum atomic E-state index is -0.348. The second kappa shape index (κ2) is 17.9. The first kappa shape index (κ1) is 49.8. The molecule has 7 nitrogen and oxygen atoms in total. The molecule has 0 spiro atoms. The van der Waals surface area contributed by atoms with Gasteiger partial charge in [-0.15, -0.1) is 12.1 Å². The van der Waals surface area contributed by atoms with Gasteiger partial charge in [0.15, 0.2) is 0 Å². The second-order valence-corrected chi connectivity index (χ2v) is 24.2. The van der Waals surface area contributed by atoms with Crippen molar-refractivity contribution in [2.75, 3.05) is 4.90 Å². The Balaban J connectivity index is 0.00000579. The normalized spacial score (nSPS) is 15.8. The SMILES string of the molecule is CC(C)c1cc(-c2ccccc2)cc(C(C)C)c1-n1c(-c2cc(C(C)(C)C)cc(C(C)(C)C)c2O)nc2c(-c3cccc4c3nc3c5[c-]c6c(cc5c5ccccc5n43)N3c4ccccc4OC4=CC=CC6C43)cccc21.[Pt]. The fraction of sp³-hybridized carbons (Fsp3) is 0.229. The summed E-state index contributed by atoms with van der Waals surface area (Å²) in [7, 11) is 0. The number of hydrogen-bond donors (Lipinski definition) is 1. The van der Waals surface area contributed by atoms with E-state index in [1.54, 1.807) is 0 Å². The number of ether oxygens (including phenoxy) is 1. The third kappa shape index (κ3) is 7.40. The summed E-state index contributed by atoms with van der Waals surface area (Å²) in [6.07, 6.45) is 6.55. The molecule has 0 saturated carbocycles. The van der Waals surface area contributed by atoms with Crippen LogP contribution in [0, 0.1) is 6.07 Å². The molecule has 390 valence electrons. The fourth-order valence-corrected chi connectivity index (χ4v) is 12.8. The van der Waals surface area contributed by atoms with Crippen molar-refractivity contribution in [3.8, 4) is 50.8 Å². The molecule has 1 N–H and O–H groups in total. The van der Waals surface area contributed by atoms with Gasteiger partial charge < -0.3 is 19.1 Å². The van der Waals surface area contributed by atoms with Gasteiger partial charge in [-0.05, 0) is 116 Å². The summed E-state index contributed by atoms with van der Waals surface area (Å²) in [5.74, 6) is 3.16. The first-order valence-corrected chi connectivity index (χ1v) is 27.3. The molecule has 0 amide bonds. The average Bonchev–Trinajstić information content (AvgIpc) is 3.89. The molecule has 78 heavy (non-hydrogen) atoms. The number of rotatable bonds is 6. The molecule has 8 aromatic carbocycles. The summed E-state index contributed by atoms with van der Waals surface area (Å²) < 4.78 is 11.3. The van der Waals surface area contributed by atoms with Crippen molar-refractivity contribution in [1.82, 2.24) is 18.9 Å². The van der Waals surface area contributed by atoms with E-state index in [4.69, 9.17) is 14.7 Å². The van der Waals surface area contributed by atoms with E-state index in [0.29, 0.717) is 5.82 Å². The first-order valence-electron chi connectivity index (χ1n) is 27.3. The molecule has 1 aliphatic carbocycles. The monoisotopic (exact) mass is 1200 g/mol. The van der Waals surface area contributed by atoms with Crippen LogP contribution in [0.1, 0.15) is 115 Å². The van der Waals surface area contributed by atoms with Crippen molar-refractivity contribution >= 4 is 60.8 Å². The Bertz CT molecular complexity index is 4340. The number of anilines is 2. The van der Waals surface area contributed by atoms with Gasteiger partial charge in [-0.25, -0.2) is 4.98 Å². The Kier molecular flexibility index (Phi) is 11.4. The van der Waals surface area contributed by atoms with Crippen LogP contribution < -0.4 is 9.64 Å². The second-order valence-electron chi connectivity index (χ2n) is 24.2. The van der Waals surface area contributed by atoms with Crippen LogP contribution in [0.3, 0.4) is 0 Å². The summed E-state index contributed by atoms with van der Waals surface area (Å²) in [6, 6.07) is 56.5. The zero-order chi connectivity index (χ0) is 53.0. The van der Waals surface area contributed by atoms with Crippen LogP contribution in [0.2, 0.25) is 0 Å². The van der Waals surface area contributed by atoms with Crippen LogP contribution >= 0.6 is 0 Å². The Morgan fingerprint density at radius 3 is 1.97 bits per heavy atom. The van der Waals surface area contributed by atoms with Crippen LogP contribution in [0.5, 0.6) is 11.5 Å². The molecule has 0 radical (unpaired) electrons. The van der Waals surface area contributed by atoms with E-state index in [9.17, 15) is 5.11 Å². The van der Waals surface area contributed by atoms with Gasteiger partial charge in [0, 0.05) is 49.2 Å². The van der Waals surface area contributed by atoms with Crippen molar-refractivity contribution in [2.24, 2.45) is 0 Å². The van der Waals surface area contributed by atoms with Gasteiger partial charge in [0.2, 0.25) is 0 Å². The maximum Gasteiger partial charge on any atom is 0.149 e. The summed E-state index contributed by atoms with van der Waals surface area (Å²) >= 11 is 0. The number of phenolic OH excluding ortho intramolecular Hbond substituents is 1. The summed E-state index contributed by atoms with van der Waals surface area (Å²) in [4.78, 5) is 14.1. The molecular weight excluding hydrogens is 1140 g/mol. The smallest absolute Gasteiger partial charge is 0.149 e. The topological polar surface area (TPSA) is 67.8 Å². The molecule has 5 heterocycles. The summed E-state index contributed by atoms with van der Waals surface area (Å²) in [6.45, 7) is 22.5. The number of fused-ring (bicyclic) bond motifs is 14. The number of phenols is 1. The zero-order valence-electron chi connectivity index (χ0n) is 45.8. The van der Waals surface area contributed by atoms with Gasteiger partial charge in [0.05, 0.1) is 50.7 Å². The van der Waals surface area contributed by atoms with Gasteiger partial charge >= 0.3 is 0 Å². The number of pyridine rings is 1. The molecule has 2 atom stereocenters. The van der Waals surface area contributed by atoms with Crippen molar-refractivity contribution in [3.05, 3.63) is 203 Å². The molecule has 8 heteroatoms. The molecule has 0 fully saturated rings. The molecule has 14 rings (SSSR count). The maximum atomic E-state index is 12.8. The van der Waals surface area contributed by atoms with Crippen LogP contribution in [-0.4, -0.2) is 30.1 Å². The van der Waals surface area contributed by atoms with Crippen LogP contribution in [-0.2, 0) is 31.9 Å². The molecule has 3 aromatic heterocycles. The largest absolute Gasteiger partial charge is 0.507 e. The van der Waals surface area contributed by atoms with Crippen molar-refractivity contribution in [2.45, 2.75) is 104 Å². The van der Waals surface area contributed by atoms with E-state index in [0.717, 1.165) is 111 Å². The molecule has 0 saturated heterocycles. The minimum Gasteiger partial charge on any atom is -0.507 e. The predicted molar refractivity (Wildman–Crippen MR) is 318 cm³/mol. The van der Waals surface area contributed by atoms with Crippen molar-refractivity contribution in [3.63, 3.8) is 0 Å². The van der Waals surface area contributed by atoms with Gasteiger partial charge in [-0.2, -0.15) is 0 Å². The number of allylic oxidation sites excluding steroid dienone is 2. The van der Waals surface area contributed by atoms with Gasteiger partial charge in [-0.3, -0.25) is 9.55 Å². The number of hydrogen-bond acceptors (Lipinski definition) is 5. The summed E-state index contributed by atoms with van der Waals surface area (Å²) in [5, 5.41) is 16.1. The van der Waals surface area contributed by atoms with E-state index in [-0.39, 0.29) is 61.4 Å². The van der Waals surface area contributed by atoms with E-state index in [2.05, 4.69) is 247 Å². The minimum absolute atomic E-state index is 0. The van der Waals surface area contributed by atoms with E-state index in [1.165, 1.54) is 22.3 Å². The molecule has 0 bridgehead atoms. The Hall–Kier alpha value is -7.73. The number of para-hydroxylation sites is 5. The molecule has 2 aliphatic heterocycles. The predicted octanol–water partition coefficient (Wildman–Crippen LogP) is 17.9. The third-order valence-electron chi connectivity index (χ3n) is 16.6. The van der Waals surface area contributed by atoms with Crippen molar-refractivity contribution in [1.29, 1.82) is 0 Å². The van der Waals surface area contributed by atoms with Crippen molar-refractivity contribution < 1.29 is 30.9 Å². The number of benzene rings is 8. The number of aromatic nitrogens is 4. The quantitative estimate of drug-likeness (QED) is 0.133. The van der Waals surface area contributed by atoms with Gasteiger partial charge in [0.25, 0.3) is 0 Å². The summed E-state index contributed by atoms with van der Waals surface area (Å²) in [5.41, 5.74) is 19.1. The molecule has 3 aliphatic rings. The van der Waals surface area contributed by atoms with Gasteiger partial charge in [0.1, 0.15) is 23.1 Å². The number of nitrogens with zero attached hydrogens (tertiary/aromatic N) is 5. The standard InChI is InChI=1S/C70H62N5O2.Pt/c1-39(2)48-33-42(41-21-12-11-13-22-41)34-49(40(3)4)64(48)75-58-30-19-25-46(63(58)72-68(75)53-35-43(69(5,6)7)36-54(66(53)76)70(8,9)10)45-24-18-29-57-62(45)71-67-52-37-51-47-26-20-32-61-65(47)73(56-28-16-17-31-60(56)77-61)59(51)38-50(52)44-23-14-15-27-55(44)74(57)67;/h11-36,38-40,47,65,76H,1-10H3;/q-1;. The van der Waals surface area contributed by atoms with E-state index >= 15 is 0 Å². The van der Waals surface area contributed by atoms with E-state index < -0.39 is 0 Å². The molecular formula is C70H62N5O2Pt-. The zero-order valence-corrected chi connectivity index (χ0v) is 48.1. The Labute approximate surface area is 470 Å². The third-order valence-corrected chi connectivity index (χ3v) is 16.6. The van der Waals surface area contributed by atoms with Crippen LogP contribution in [0.15, 0.2) is 170 Å².